The van der Waals surface area contributed by atoms with Crippen molar-refractivity contribution in [1.82, 2.24) is 0 Å². The van der Waals surface area contributed by atoms with Crippen molar-refractivity contribution in [2.75, 3.05) is 12.4 Å². The lowest BCUT2D eigenvalue weighted by atomic mass is 10.2. The topological polar surface area (TPSA) is 64.6 Å². The predicted octanol–water partition coefficient (Wildman–Crippen LogP) is 4.59. The molecule has 5 nitrogen and oxygen atoms in total. The number of halogens is 2. The third kappa shape index (κ3) is 5.79. The van der Waals surface area contributed by atoms with Crippen molar-refractivity contribution in [2.45, 2.75) is 13.0 Å². The maximum Gasteiger partial charge on any atom is 0.331 e. The SMILES string of the molecule is COc1cccc(/C=C/C(=O)O[C@H](C)C(=O)Nc2cc(Cl)ccc2Cl)c1. The molecule has 0 aliphatic rings. The number of anilines is 1. The van der Waals surface area contributed by atoms with Crippen LogP contribution in [0.4, 0.5) is 5.69 Å². The molecule has 0 spiro atoms. The van der Waals surface area contributed by atoms with E-state index in [0.717, 1.165) is 5.56 Å². The molecular formula is C19H17Cl2NO4. The van der Waals surface area contributed by atoms with E-state index in [-0.39, 0.29) is 0 Å². The Morgan fingerprint density at radius 1 is 1.15 bits per heavy atom. The maximum absolute atomic E-state index is 12.1. The zero-order valence-electron chi connectivity index (χ0n) is 14.2. The summed E-state index contributed by atoms with van der Waals surface area (Å²) in [5, 5.41) is 3.33. The summed E-state index contributed by atoms with van der Waals surface area (Å²) in [7, 11) is 1.56. The van der Waals surface area contributed by atoms with Crippen LogP contribution in [0.15, 0.2) is 48.5 Å². The predicted molar refractivity (Wildman–Crippen MR) is 103 cm³/mol. The summed E-state index contributed by atoms with van der Waals surface area (Å²) in [6.07, 6.45) is 1.81. The van der Waals surface area contributed by atoms with E-state index in [1.54, 1.807) is 43.5 Å². The quantitative estimate of drug-likeness (QED) is 0.575. The molecule has 0 saturated heterocycles. The van der Waals surface area contributed by atoms with E-state index >= 15 is 0 Å². The molecule has 0 aliphatic heterocycles. The number of amides is 1. The molecule has 1 amide bonds. The van der Waals surface area contributed by atoms with Crippen LogP contribution in [0.25, 0.3) is 6.08 Å². The number of nitrogens with one attached hydrogen (secondary N) is 1. The molecule has 1 atom stereocenters. The molecule has 26 heavy (non-hydrogen) atoms. The van der Waals surface area contributed by atoms with Gasteiger partial charge in [0, 0.05) is 11.1 Å². The summed E-state index contributed by atoms with van der Waals surface area (Å²) in [5.41, 5.74) is 1.11. The van der Waals surface area contributed by atoms with Crippen molar-refractivity contribution >= 4 is 46.8 Å². The number of carbonyl (C=O) groups excluding carboxylic acids is 2. The van der Waals surface area contributed by atoms with Crippen molar-refractivity contribution < 1.29 is 19.1 Å². The van der Waals surface area contributed by atoms with E-state index in [1.807, 2.05) is 6.07 Å². The van der Waals surface area contributed by atoms with Crippen LogP contribution in [0.5, 0.6) is 5.75 Å². The number of rotatable bonds is 6. The average Bonchev–Trinajstić information content (AvgIpc) is 2.63. The average molecular weight is 394 g/mol. The van der Waals surface area contributed by atoms with Gasteiger partial charge in [-0.05, 0) is 48.9 Å². The number of hydrogen-bond donors (Lipinski definition) is 1. The summed E-state index contributed by atoms with van der Waals surface area (Å²) in [4.78, 5) is 24.0. The van der Waals surface area contributed by atoms with E-state index in [1.165, 1.54) is 19.1 Å². The minimum Gasteiger partial charge on any atom is -0.497 e. The molecular weight excluding hydrogens is 377 g/mol. The van der Waals surface area contributed by atoms with Crippen LogP contribution in [-0.2, 0) is 14.3 Å². The molecule has 0 heterocycles. The first kappa shape index (κ1) is 19.8. The standard InChI is InChI=1S/C19H17Cl2NO4/c1-12(19(24)22-17-11-14(20)7-8-16(17)21)26-18(23)9-6-13-4-3-5-15(10-13)25-2/h3-12H,1-2H3,(H,22,24)/b9-6+/t12-/m1/s1. The third-order valence-corrected chi connectivity index (χ3v) is 3.92. The highest BCUT2D eigenvalue weighted by molar-refractivity contribution is 6.35. The molecule has 0 radical (unpaired) electrons. The number of benzene rings is 2. The van der Waals surface area contributed by atoms with Gasteiger partial charge in [-0.3, -0.25) is 4.79 Å². The molecule has 1 N–H and O–H groups in total. The van der Waals surface area contributed by atoms with E-state index < -0.39 is 18.0 Å². The lowest BCUT2D eigenvalue weighted by Crippen LogP contribution is -2.29. The van der Waals surface area contributed by atoms with Gasteiger partial charge in [0.25, 0.3) is 5.91 Å². The van der Waals surface area contributed by atoms with Gasteiger partial charge in [-0.2, -0.15) is 0 Å². The first-order valence-corrected chi connectivity index (χ1v) is 8.43. The van der Waals surface area contributed by atoms with Crippen LogP contribution in [0.3, 0.4) is 0 Å². The van der Waals surface area contributed by atoms with Crippen molar-refractivity contribution in [1.29, 1.82) is 0 Å². The van der Waals surface area contributed by atoms with Crippen molar-refractivity contribution in [2.24, 2.45) is 0 Å². The molecule has 0 aromatic heterocycles. The van der Waals surface area contributed by atoms with Gasteiger partial charge in [-0.25, -0.2) is 4.79 Å². The number of carbonyl (C=O) groups is 2. The molecule has 0 fully saturated rings. The molecule has 0 bridgehead atoms. The second-order valence-electron chi connectivity index (χ2n) is 5.30. The van der Waals surface area contributed by atoms with Crippen molar-refractivity contribution in [3.8, 4) is 5.75 Å². The van der Waals surface area contributed by atoms with Crippen LogP contribution in [-0.4, -0.2) is 25.1 Å². The van der Waals surface area contributed by atoms with Gasteiger partial charge in [-0.15, -0.1) is 0 Å². The zero-order chi connectivity index (χ0) is 19.1. The van der Waals surface area contributed by atoms with Crippen LogP contribution < -0.4 is 10.1 Å². The van der Waals surface area contributed by atoms with E-state index in [4.69, 9.17) is 32.7 Å². The van der Waals surface area contributed by atoms with E-state index in [0.29, 0.717) is 21.5 Å². The molecule has 2 aromatic carbocycles. The molecule has 2 aromatic rings. The highest BCUT2D eigenvalue weighted by Crippen LogP contribution is 2.25. The zero-order valence-corrected chi connectivity index (χ0v) is 15.7. The fourth-order valence-corrected chi connectivity index (χ4v) is 2.34. The molecule has 136 valence electrons. The van der Waals surface area contributed by atoms with Crippen LogP contribution in [0.2, 0.25) is 10.0 Å². The first-order valence-electron chi connectivity index (χ1n) is 7.67. The number of methoxy groups -OCH3 is 1. The lowest BCUT2D eigenvalue weighted by molar-refractivity contribution is -0.148. The summed E-state index contributed by atoms with van der Waals surface area (Å²) >= 11 is 11.9. The summed E-state index contributed by atoms with van der Waals surface area (Å²) in [6, 6.07) is 11.8. The molecule has 0 aliphatic carbocycles. The summed E-state index contributed by atoms with van der Waals surface area (Å²) in [5.74, 6) is -0.489. The van der Waals surface area contributed by atoms with Crippen LogP contribution in [0.1, 0.15) is 12.5 Å². The Hall–Kier alpha value is -2.50. The Labute approximate surface area is 161 Å². The smallest absolute Gasteiger partial charge is 0.331 e. The minimum absolute atomic E-state index is 0.333. The fraction of sp³-hybridized carbons (Fsp3) is 0.158. The minimum atomic E-state index is -1.01. The summed E-state index contributed by atoms with van der Waals surface area (Å²) in [6.45, 7) is 1.46. The van der Waals surface area contributed by atoms with Gasteiger partial charge < -0.3 is 14.8 Å². The Bertz CT molecular complexity index is 836. The Kier molecular flexibility index (Phi) is 7.06. The Balaban J connectivity index is 1.94. The number of hydrogen-bond acceptors (Lipinski definition) is 4. The van der Waals surface area contributed by atoms with Crippen molar-refractivity contribution in [3.63, 3.8) is 0 Å². The third-order valence-electron chi connectivity index (χ3n) is 3.35. The molecule has 0 saturated carbocycles. The Morgan fingerprint density at radius 2 is 1.92 bits per heavy atom. The highest BCUT2D eigenvalue weighted by Gasteiger charge is 2.17. The van der Waals surface area contributed by atoms with Gasteiger partial charge in [0.2, 0.25) is 0 Å². The van der Waals surface area contributed by atoms with Gasteiger partial charge in [-0.1, -0.05) is 35.3 Å². The normalized spacial score (nSPS) is 11.8. The molecule has 2 rings (SSSR count). The van der Waals surface area contributed by atoms with Gasteiger partial charge in [0.15, 0.2) is 6.10 Å². The number of esters is 1. The summed E-state index contributed by atoms with van der Waals surface area (Å²) < 4.78 is 10.2. The lowest BCUT2D eigenvalue weighted by Gasteiger charge is -2.13. The number of ether oxygens (including phenoxy) is 2. The molecule has 7 heteroatoms. The van der Waals surface area contributed by atoms with Gasteiger partial charge in [0.05, 0.1) is 17.8 Å². The van der Waals surface area contributed by atoms with E-state index in [9.17, 15) is 9.59 Å². The van der Waals surface area contributed by atoms with Crippen molar-refractivity contribution in [3.05, 3.63) is 64.1 Å². The van der Waals surface area contributed by atoms with Crippen LogP contribution >= 0.6 is 23.2 Å². The van der Waals surface area contributed by atoms with Gasteiger partial charge >= 0.3 is 5.97 Å². The van der Waals surface area contributed by atoms with Crippen LogP contribution in [0, 0.1) is 0 Å². The Morgan fingerprint density at radius 3 is 2.65 bits per heavy atom. The monoisotopic (exact) mass is 393 g/mol. The molecule has 0 unspecified atom stereocenters. The second kappa shape index (κ2) is 9.27. The maximum atomic E-state index is 12.1. The largest absolute Gasteiger partial charge is 0.497 e. The fourth-order valence-electron chi connectivity index (χ4n) is 2.00. The second-order valence-corrected chi connectivity index (χ2v) is 6.15. The first-order chi connectivity index (χ1) is 12.4. The van der Waals surface area contributed by atoms with Gasteiger partial charge in [0.1, 0.15) is 5.75 Å². The highest BCUT2D eigenvalue weighted by atomic mass is 35.5. The van der Waals surface area contributed by atoms with E-state index in [2.05, 4.69) is 5.32 Å².